The fraction of sp³-hybridized carbons (Fsp3) is 0.615. The molecule has 0 radical (unpaired) electrons. The van der Waals surface area contributed by atoms with Gasteiger partial charge in [-0.1, -0.05) is 6.07 Å². The van der Waals surface area contributed by atoms with Crippen LogP contribution in [-0.4, -0.2) is 65.2 Å². The van der Waals surface area contributed by atoms with E-state index in [1.165, 1.54) is 19.0 Å². The number of hydrogen-bond acceptors (Lipinski definition) is 5. The van der Waals surface area contributed by atoms with E-state index in [4.69, 9.17) is 10.0 Å². The van der Waals surface area contributed by atoms with Gasteiger partial charge in [-0.15, -0.1) is 0 Å². The normalized spacial score (nSPS) is 17.9. The summed E-state index contributed by atoms with van der Waals surface area (Å²) < 4.78 is 0. The molecule has 0 aromatic carbocycles. The quantitative estimate of drug-likeness (QED) is 0.703. The average molecular weight is 263 g/mol. The van der Waals surface area contributed by atoms with Crippen LogP contribution in [0.1, 0.15) is 18.5 Å². The highest BCUT2D eigenvalue weighted by Gasteiger charge is 2.20. The molecule has 104 valence electrons. The summed E-state index contributed by atoms with van der Waals surface area (Å²) in [5.74, 6) is 0. The van der Waals surface area contributed by atoms with Gasteiger partial charge in [-0.25, -0.2) is 0 Å². The monoisotopic (exact) mass is 263 g/mol. The molecule has 0 unspecified atom stereocenters. The zero-order valence-electron chi connectivity index (χ0n) is 11.7. The molecule has 0 atom stereocenters. The van der Waals surface area contributed by atoms with E-state index in [2.05, 4.69) is 28.9 Å². The molecule has 5 nitrogen and oxygen atoms in total. The second-order valence-electron chi connectivity index (χ2n) is 5.43. The van der Waals surface area contributed by atoms with Gasteiger partial charge in [-0.3, -0.25) is 9.88 Å². The molecule has 1 saturated heterocycles. The third-order valence-electron chi connectivity index (χ3n) is 3.82. The van der Waals surface area contributed by atoms with E-state index in [1.807, 2.05) is 6.07 Å². The minimum absolute atomic E-state index is 0.440. The van der Waals surface area contributed by atoms with Gasteiger partial charge in [-0.05, 0) is 33.0 Å². The van der Waals surface area contributed by atoms with Gasteiger partial charge in [0.25, 0.3) is 0 Å². The Bertz CT molecular complexity index is 389. The van der Waals surface area contributed by atoms with Crippen molar-refractivity contribution in [3.05, 3.63) is 24.0 Å². The van der Waals surface area contributed by atoms with Crippen molar-refractivity contribution < 1.29 is 10.0 Å². The predicted octanol–water partition coefficient (Wildman–Crippen LogP) is -0.713. The molecule has 2 heterocycles. The van der Waals surface area contributed by atoms with E-state index in [1.54, 1.807) is 6.07 Å². The Morgan fingerprint density at radius 2 is 2.00 bits per heavy atom. The van der Waals surface area contributed by atoms with Gasteiger partial charge in [-0.2, -0.15) is 0 Å². The second kappa shape index (κ2) is 6.48. The number of rotatable bonds is 4. The third kappa shape index (κ3) is 4.01. The summed E-state index contributed by atoms with van der Waals surface area (Å²) in [6.07, 6.45) is 3.92. The molecular formula is C13H22BN3O2. The Morgan fingerprint density at radius 1 is 1.32 bits per heavy atom. The molecular weight excluding hydrogens is 241 g/mol. The molecule has 1 aromatic rings. The van der Waals surface area contributed by atoms with E-state index in [0.29, 0.717) is 11.5 Å². The van der Waals surface area contributed by atoms with Crippen LogP contribution in [0.3, 0.4) is 0 Å². The molecule has 1 fully saturated rings. The summed E-state index contributed by atoms with van der Waals surface area (Å²) in [6.45, 7) is 3.02. The SMILES string of the molecule is CN(C)C1CCN(Cc2ccc(B(O)O)cn2)CC1. The molecule has 0 saturated carbocycles. The van der Waals surface area contributed by atoms with Crippen LogP contribution in [0.25, 0.3) is 0 Å². The van der Waals surface area contributed by atoms with Gasteiger partial charge in [0.2, 0.25) is 0 Å². The Labute approximate surface area is 115 Å². The Hall–Kier alpha value is -0.945. The van der Waals surface area contributed by atoms with Crippen LogP contribution in [-0.2, 0) is 6.54 Å². The molecule has 0 aliphatic carbocycles. The number of hydrogen-bond donors (Lipinski definition) is 2. The van der Waals surface area contributed by atoms with E-state index in [9.17, 15) is 0 Å². The van der Waals surface area contributed by atoms with Crippen LogP contribution >= 0.6 is 0 Å². The smallest absolute Gasteiger partial charge is 0.423 e. The summed E-state index contributed by atoms with van der Waals surface area (Å²) >= 11 is 0. The topological polar surface area (TPSA) is 59.8 Å². The van der Waals surface area contributed by atoms with E-state index >= 15 is 0 Å². The van der Waals surface area contributed by atoms with Crippen molar-refractivity contribution in [3.63, 3.8) is 0 Å². The maximum Gasteiger partial charge on any atom is 0.490 e. The minimum Gasteiger partial charge on any atom is -0.423 e. The lowest BCUT2D eigenvalue weighted by Crippen LogP contribution is -2.41. The molecule has 1 aliphatic heterocycles. The molecule has 2 N–H and O–H groups in total. The van der Waals surface area contributed by atoms with E-state index in [-0.39, 0.29) is 0 Å². The third-order valence-corrected chi connectivity index (χ3v) is 3.82. The largest absolute Gasteiger partial charge is 0.490 e. The van der Waals surface area contributed by atoms with Crippen molar-refractivity contribution in [1.29, 1.82) is 0 Å². The number of nitrogens with zero attached hydrogens (tertiary/aromatic N) is 3. The van der Waals surface area contributed by atoms with Crippen LogP contribution < -0.4 is 5.46 Å². The summed E-state index contributed by atoms with van der Waals surface area (Å²) in [5, 5.41) is 18.0. The average Bonchev–Trinajstić information content (AvgIpc) is 2.40. The number of aromatic nitrogens is 1. The first-order valence-electron chi connectivity index (χ1n) is 6.76. The van der Waals surface area contributed by atoms with E-state index < -0.39 is 7.12 Å². The maximum absolute atomic E-state index is 9.02. The zero-order valence-corrected chi connectivity index (χ0v) is 11.7. The molecule has 2 rings (SSSR count). The summed E-state index contributed by atoms with van der Waals surface area (Å²) in [4.78, 5) is 8.97. The molecule has 6 heteroatoms. The highest BCUT2D eigenvalue weighted by atomic mass is 16.4. The fourth-order valence-electron chi connectivity index (χ4n) is 2.51. The van der Waals surface area contributed by atoms with Crippen LogP contribution in [0.4, 0.5) is 0 Å². The van der Waals surface area contributed by atoms with Gasteiger partial charge in [0.05, 0.1) is 5.69 Å². The predicted molar refractivity (Wildman–Crippen MR) is 76.0 cm³/mol. The maximum atomic E-state index is 9.02. The minimum atomic E-state index is -1.43. The van der Waals surface area contributed by atoms with E-state index in [0.717, 1.165) is 25.3 Å². The Balaban J connectivity index is 1.85. The molecule has 1 aliphatic rings. The van der Waals surface area contributed by atoms with Crippen LogP contribution in [0, 0.1) is 0 Å². The molecule has 1 aromatic heterocycles. The lowest BCUT2D eigenvalue weighted by Gasteiger charge is -2.34. The molecule has 19 heavy (non-hydrogen) atoms. The van der Waals surface area contributed by atoms with Crippen molar-refractivity contribution in [1.82, 2.24) is 14.8 Å². The van der Waals surface area contributed by atoms with Crippen LogP contribution in [0.5, 0.6) is 0 Å². The van der Waals surface area contributed by atoms with Crippen molar-refractivity contribution in [2.45, 2.75) is 25.4 Å². The Kier molecular flexibility index (Phi) is 4.93. The summed E-state index contributed by atoms with van der Waals surface area (Å²) in [6, 6.07) is 4.28. The van der Waals surface area contributed by atoms with Crippen molar-refractivity contribution in [3.8, 4) is 0 Å². The van der Waals surface area contributed by atoms with Crippen molar-refractivity contribution in [2.24, 2.45) is 0 Å². The lowest BCUT2D eigenvalue weighted by molar-refractivity contribution is 0.139. The first-order valence-corrected chi connectivity index (χ1v) is 6.76. The van der Waals surface area contributed by atoms with Gasteiger partial charge in [0.1, 0.15) is 0 Å². The first-order chi connectivity index (χ1) is 9.06. The second-order valence-corrected chi connectivity index (χ2v) is 5.43. The first kappa shape index (κ1) is 14.5. The van der Waals surface area contributed by atoms with Gasteiger partial charge in [0.15, 0.2) is 0 Å². The standard InChI is InChI=1S/C13H22BN3O2/c1-16(2)13-5-7-17(8-6-13)10-12-4-3-11(9-15-12)14(18)19/h3-4,9,13,18-19H,5-8,10H2,1-2H3. The molecule has 0 amide bonds. The fourth-order valence-corrected chi connectivity index (χ4v) is 2.51. The van der Waals surface area contributed by atoms with Gasteiger partial charge >= 0.3 is 7.12 Å². The number of piperidine rings is 1. The summed E-state index contributed by atoms with van der Waals surface area (Å²) in [5.41, 5.74) is 1.42. The van der Waals surface area contributed by atoms with Gasteiger partial charge in [0, 0.05) is 37.3 Å². The van der Waals surface area contributed by atoms with Crippen LogP contribution in [0.15, 0.2) is 18.3 Å². The van der Waals surface area contributed by atoms with Crippen LogP contribution in [0.2, 0.25) is 0 Å². The number of likely N-dealkylation sites (tertiary alicyclic amines) is 1. The lowest BCUT2D eigenvalue weighted by atomic mass is 9.82. The van der Waals surface area contributed by atoms with Crippen molar-refractivity contribution >= 4 is 12.6 Å². The highest BCUT2D eigenvalue weighted by molar-refractivity contribution is 6.58. The van der Waals surface area contributed by atoms with Crippen molar-refractivity contribution in [2.75, 3.05) is 27.2 Å². The molecule has 0 spiro atoms. The highest BCUT2D eigenvalue weighted by Crippen LogP contribution is 2.15. The zero-order chi connectivity index (χ0) is 13.8. The van der Waals surface area contributed by atoms with Gasteiger partial charge < -0.3 is 14.9 Å². The Morgan fingerprint density at radius 3 is 2.47 bits per heavy atom. The molecule has 0 bridgehead atoms. The number of pyridine rings is 1. The summed E-state index contributed by atoms with van der Waals surface area (Å²) in [7, 11) is 2.85.